The Balaban J connectivity index is 2.59. The first kappa shape index (κ1) is 17.3. The highest BCUT2D eigenvalue weighted by Crippen LogP contribution is 2.35. The van der Waals surface area contributed by atoms with Crippen LogP contribution in [-0.4, -0.2) is 31.9 Å². The Morgan fingerprint density at radius 2 is 1.65 bits per heavy atom. The summed E-state index contributed by atoms with van der Waals surface area (Å²) in [6, 6.07) is 8.16. The molecule has 0 fully saturated rings. The minimum absolute atomic E-state index is 0.0445. The Morgan fingerprint density at radius 1 is 1.00 bits per heavy atom. The molecule has 0 aromatic heterocycles. The van der Waals surface area contributed by atoms with E-state index >= 15 is 0 Å². The second kappa shape index (κ2) is 5.86. The van der Waals surface area contributed by atoms with Crippen LogP contribution in [0.3, 0.4) is 0 Å². The molecule has 0 aliphatic rings. The van der Waals surface area contributed by atoms with Gasteiger partial charge in [-0.05, 0) is 41.5 Å². The van der Waals surface area contributed by atoms with Gasteiger partial charge in [0.05, 0.1) is 10.5 Å². The average Bonchev–Trinajstić information content (AvgIpc) is 2.45. The third-order valence-electron chi connectivity index (χ3n) is 3.19. The Kier molecular flexibility index (Phi) is 4.41. The summed E-state index contributed by atoms with van der Waals surface area (Å²) in [7, 11) is -0.989. The van der Waals surface area contributed by atoms with Crippen molar-refractivity contribution in [2.45, 2.75) is 11.1 Å². The molecule has 0 atom stereocenters. The molecule has 0 aliphatic heterocycles. The summed E-state index contributed by atoms with van der Waals surface area (Å²) in [4.78, 5) is -0.0445. The fraction of sp³-hybridized carbons (Fsp3) is 0.200. The molecule has 1 N–H and O–H groups in total. The van der Waals surface area contributed by atoms with E-state index in [1.54, 1.807) is 0 Å². The van der Waals surface area contributed by atoms with Gasteiger partial charge >= 0.3 is 6.18 Å². The maximum atomic E-state index is 12.8. The van der Waals surface area contributed by atoms with Gasteiger partial charge in [-0.1, -0.05) is 12.1 Å². The van der Waals surface area contributed by atoms with Crippen molar-refractivity contribution in [2.75, 3.05) is 14.1 Å². The number of benzene rings is 2. The van der Waals surface area contributed by atoms with Gasteiger partial charge in [-0.3, -0.25) is 0 Å². The lowest BCUT2D eigenvalue weighted by Gasteiger charge is -2.13. The van der Waals surface area contributed by atoms with Crippen molar-refractivity contribution in [3.8, 4) is 16.9 Å². The maximum absolute atomic E-state index is 12.8. The zero-order valence-corrected chi connectivity index (χ0v) is 13.1. The topological polar surface area (TPSA) is 57.6 Å². The van der Waals surface area contributed by atoms with Crippen LogP contribution in [0.1, 0.15) is 5.56 Å². The van der Waals surface area contributed by atoms with E-state index in [2.05, 4.69) is 0 Å². The second-order valence-corrected chi connectivity index (χ2v) is 7.23. The van der Waals surface area contributed by atoms with E-state index in [-0.39, 0.29) is 16.0 Å². The van der Waals surface area contributed by atoms with Crippen molar-refractivity contribution in [2.24, 2.45) is 0 Å². The minimum atomic E-state index is -4.61. The number of aromatic hydroxyl groups is 1. The first-order valence-electron chi connectivity index (χ1n) is 6.46. The highest BCUT2D eigenvalue weighted by molar-refractivity contribution is 7.89. The normalized spacial score (nSPS) is 12.6. The van der Waals surface area contributed by atoms with Crippen molar-refractivity contribution >= 4 is 10.0 Å². The number of nitrogens with zero attached hydrogens (tertiary/aromatic N) is 1. The zero-order valence-electron chi connectivity index (χ0n) is 12.3. The first-order chi connectivity index (χ1) is 10.5. The van der Waals surface area contributed by atoms with E-state index < -0.39 is 27.5 Å². The Hall–Kier alpha value is -2.06. The quantitative estimate of drug-likeness (QED) is 0.928. The predicted molar refractivity (Wildman–Crippen MR) is 79.4 cm³/mol. The van der Waals surface area contributed by atoms with Gasteiger partial charge in [0, 0.05) is 14.1 Å². The van der Waals surface area contributed by atoms with Crippen molar-refractivity contribution in [1.29, 1.82) is 0 Å². The lowest BCUT2D eigenvalue weighted by molar-refractivity contribution is -0.137. The van der Waals surface area contributed by atoms with Crippen LogP contribution in [0, 0.1) is 0 Å². The van der Waals surface area contributed by atoms with Crippen LogP contribution in [-0.2, 0) is 16.2 Å². The molecule has 2 aromatic carbocycles. The first-order valence-corrected chi connectivity index (χ1v) is 7.90. The molecule has 124 valence electrons. The molecule has 2 aromatic rings. The highest BCUT2D eigenvalue weighted by atomic mass is 32.2. The summed E-state index contributed by atoms with van der Waals surface area (Å²) in [5.74, 6) is -0.546. The number of rotatable bonds is 3. The van der Waals surface area contributed by atoms with E-state index in [4.69, 9.17) is 0 Å². The van der Waals surface area contributed by atoms with E-state index in [1.165, 1.54) is 38.4 Å². The molecule has 0 amide bonds. The summed E-state index contributed by atoms with van der Waals surface area (Å²) in [5, 5.41) is 9.51. The number of hydrogen-bond acceptors (Lipinski definition) is 3. The standard InChI is InChI=1S/C15H14F3NO3S/c1-19(2)23(21,22)14-5-3-4-10(8-14)11-6-12(15(16,17)18)9-13(20)7-11/h3-9,20H,1-2H3. The van der Waals surface area contributed by atoms with Gasteiger partial charge < -0.3 is 5.11 Å². The number of sulfonamides is 1. The van der Waals surface area contributed by atoms with Crippen molar-refractivity contribution in [3.63, 3.8) is 0 Å². The van der Waals surface area contributed by atoms with Gasteiger partial charge in [0.2, 0.25) is 10.0 Å². The summed E-state index contributed by atoms with van der Waals surface area (Å²) < 4.78 is 63.7. The van der Waals surface area contributed by atoms with E-state index in [0.29, 0.717) is 6.07 Å². The minimum Gasteiger partial charge on any atom is -0.508 e. The van der Waals surface area contributed by atoms with E-state index in [1.807, 2.05) is 0 Å². The second-order valence-electron chi connectivity index (χ2n) is 5.08. The molecule has 0 heterocycles. The molecule has 0 spiro atoms. The number of phenolic OH excluding ortho intramolecular Hbond substituents is 1. The Bertz CT molecular complexity index is 830. The maximum Gasteiger partial charge on any atom is 0.416 e. The van der Waals surface area contributed by atoms with Gasteiger partial charge in [0.1, 0.15) is 5.75 Å². The van der Waals surface area contributed by atoms with E-state index in [0.717, 1.165) is 16.4 Å². The largest absolute Gasteiger partial charge is 0.508 e. The summed E-state index contributed by atoms with van der Waals surface area (Å²) in [5.41, 5.74) is -0.671. The van der Waals surface area contributed by atoms with Crippen LogP contribution in [0.25, 0.3) is 11.1 Å². The molecule has 0 bridgehead atoms. The monoisotopic (exact) mass is 345 g/mol. The number of phenols is 1. The smallest absolute Gasteiger partial charge is 0.416 e. The van der Waals surface area contributed by atoms with Gasteiger partial charge in [-0.15, -0.1) is 0 Å². The van der Waals surface area contributed by atoms with Crippen molar-refractivity contribution in [3.05, 3.63) is 48.0 Å². The van der Waals surface area contributed by atoms with Gasteiger partial charge in [-0.2, -0.15) is 13.2 Å². The molecule has 0 radical (unpaired) electrons. The molecule has 0 saturated carbocycles. The molecule has 0 saturated heterocycles. The molecule has 0 aliphatic carbocycles. The van der Waals surface area contributed by atoms with Crippen molar-refractivity contribution in [1.82, 2.24) is 4.31 Å². The third-order valence-corrected chi connectivity index (χ3v) is 5.00. The molecule has 23 heavy (non-hydrogen) atoms. The Morgan fingerprint density at radius 3 is 2.22 bits per heavy atom. The Labute approximate surface area is 131 Å². The molecule has 2 rings (SSSR count). The van der Waals surface area contributed by atoms with Crippen molar-refractivity contribution < 1.29 is 26.7 Å². The summed E-state index contributed by atoms with van der Waals surface area (Å²) in [6.45, 7) is 0. The highest BCUT2D eigenvalue weighted by Gasteiger charge is 2.31. The third kappa shape index (κ3) is 3.65. The van der Waals surface area contributed by atoms with Crippen LogP contribution in [0.5, 0.6) is 5.75 Å². The molecule has 0 unspecified atom stereocenters. The predicted octanol–water partition coefficient (Wildman–Crippen LogP) is 3.33. The van der Waals surface area contributed by atoms with E-state index in [9.17, 15) is 26.7 Å². The van der Waals surface area contributed by atoms with Crippen LogP contribution >= 0.6 is 0 Å². The number of halogens is 3. The number of alkyl halides is 3. The SMILES string of the molecule is CN(C)S(=O)(=O)c1cccc(-c2cc(O)cc(C(F)(F)F)c2)c1. The van der Waals surface area contributed by atoms with Gasteiger partial charge in [0.25, 0.3) is 0 Å². The van der Waals surface area contributed by atoms with Crippen LogP contribution in [0.2, 0.25) is 0 Å². The lowest BCUT2D eigenvalue weighted by Crippen LogP contribution is -2.22. The average molecular weight is 345 g/mol. The molecule has 8 heteroatoms. The fourth-order valence-electron chi connectivity index (χ4n) is 1.99. The van der Waals surface area contributed by atoms with Crippen LogP contribution < -0.4 is 0 Å². The van der Waals surface area contributed by atoms with Gasteiger partial charge in [0.15, 0.2) is 0 Å². The van der Waals surface area contributed by atoms with Gasteiger partial charge in [-0.25, -0.2) is 12.7 Å². The zero-order chi connectivity index (χ0) is 17.4. The summed E-state index contributed by atoms with van der Waals surface area (Å²) >= 11 is 0. The molecule has 4 nitrogen and oxygen atoms in total. The van der Waals surface area contributed by atoms with Crippen LogP contribution in [0.4, 0.5) is 13.2 Å². The number of hydrogen-bond donors (Lipinski definition) is 1. The lowest BCUT2D eigenvalue weighted by atomic mass is 10.0. The summed E-state index contributed by atoms with van der Waals surface area (Å²) in [6.07, 6.45) is -4.61. The molecular weight excluding hydrogens is 331 g/mol. The van der Waals surface area contributed by atoms with Crippen LogP contribution in [0.15, 0.2) is 47.4 Å². The fourth-order valence-corrected chi connectivity index (χ4v) is 2.94. The molecular formula is C15H14F3NO3S.